The van der Waals surface area contributed by atoms with Crippen LogP contribution in [0.2, 0.25) is 0 Å². The quantitative estimate of drug-likeness (QED) is 0.850. The van der Waals surface area contributed by atoms with Gasteiger partial charge in [-0.15, -0.1) is 0 Å². The predicted octanol–water partition coefficient (Wildman–Crippen LogP) is 2.61. The summed E-state index contributed by atoms with van der Waals surface area (Å²) in [5.74, 6) is 0. The summed E-state index contributed by atoms with van der Waals surface area (Å²) in [5, 5.41) is 8.07. The second-order valence-electron chi connectivity index (χ2n) is 5.47. The van der Waals surface area contributed by atoms with Crippen molar-refractivity contribution < 1.29 is 0 Å². The van der Waals surface area contributed by atoms with E-state index in [0.717, 1.165) is 6.54 Å². The Balaban J connectivity index is 2.21. The molecular formula is C13H23N3. The summed E-state index contributed by atoms with van der Waals surface area (Å²) in [6.07, 6.45) is 7.83. The second-order valence-corrected chi connectivity index (χ2v) is 5.47. The van der Waals surface area contributed by atoms with Crippen LogP contribution in [0.3, 0.4) is 0 Å². The first kappa shape index (κ1) is 11.6. The van der Waals surface area contributed by atoms with Gasteiger partial charge < -0.3 is 5.32 Å². The predicted molar refractivity (Wildman–Crippen MR) is 66.4 cm³/mol. The zero-order valence-corrected chi connectivity index (χ0v) is 10.6. The molecule has 1 aliphatic rings. The average Bonchev–Trinajstić information content (AvgIpc) is 2.74. The molecule has 0 spiro atoms. The lowest BCUT2D eigenvalue weighted by Gasteiger charge is -2.44. The topological polar surface area (TPSA) is 29.9 Å². The van der Waals surface area contributed by atoms with Crippen LogP contribution in [-0.2, 0) is 0 Å². The van der Waals surface area contributed by atoms with Gasteiger partial charge >= 0.3 is 0 Å². The monoisotopic (exact) mass is 221 g/mol. The SMILES string of the molecule is CCNC1C(n2cccn2)CCCC1(C)C. The molecule has 1 heterocycles. The van der Waals surface area contributed by atoms with Crippen LogP contribution in [0.15, 0.2) is 18.5 Å². The number of aromatic nitrogens is 2. The second kappa shape index (κ2) is 4.58. The molecule has 0 amide bonds. The standard InChI is InChI=1S/C13H23N3/c1-4-14-12-11(16-10-6-9-15-16)7-5-8-13(12,2)3/h6,9-12,14H,4-5,7-8H2,1-3H3. The molecule has 1 fully saturated rings. The fourth-order valence-electron chi connectivity index (χ4n) is 3.00. The fraction of sp³-hybridized carbons (Fsp3) is 0.769. The molecule has 2 unspecified atom stereocenters. The van der Waals surface area contributed by atoms with Crippen molar-refractivity contribution >= 4 is 0 Å². The lowest BCUT2D eigenvalue weighted by molar-refractivity contribution is 0.107. The van der Waals surface area contributed by atoms with Gasteiger partial charge in [-0.25, -0.2) is 0 Å². The van der Waals surface area contributed by atoms with Crippen molar-refractivity contribution in [1.29, 1.82) is 0 Å². The van der Waals surface area contributed by atoms with E-state index in [2.05, 4.69) is 42.1 Å². The van der Waals surface area contributed by atoms with E-state index < -0.39 is 0 Å². The van der Waals surface area contributed by atoms with Gasteiger partial charge in [-0.05, 0) is 30.9 Å². The Hall–Kier alpha value is -0.830. The molecule has 2 rings (SSSR count). The van der Waals surface area contributed by atoms with Crippen LogP contribution in [0.1, 0.15) is 46.1 Å². The molecule has 1 aliphatic carbocycles. The van der Waals surface area contributed by atoms with Crippen LogP contribution in [0.25, 0.3) is 0 Å². The van der Waals surface area contributed by atoms with E-state index in [1.807, 2.05) is 12.3 Å². The third-order valence-corrected chi connectivity index (χ3v) is 3.84. The highest BCUT2D eigenvalue weighted by Gasteiger charge is 2.39. The fourth-order valence-corrected chi connectivity index (χ4v) is 3.00. The Labute approximate surface area is 98.2 Å². The lowest BCUT2D eigenvalue weighted by Crippen LogP contribution is -2.50. The van der Waals surface area contributed by atoms with Crippen molar-refractivity contribution in [2.45, 2.75) is 52.1 Å². The summed E-state index contributed by atoms with van der Waals surface area (Å²) in [6, 6.07) is 3.06. The Morgan fingerprint density at radius 3 is 2.94 bits per heavy atom. The summed E-state index contributed by atoms with van der Waals surface area (Å²) in [7, 11) is 0. The summed E-state index contributed by atoms with van der Waals surface area (Å²) >= 11 is 0. The number of hydrogen-bond donors (Lipinski definition) is 1. The number of likely N-dealkylation sites (N-methyl/N-ethyl adjacent to an activating group) is 1. The van der Waals surface area contributed by atoms with Crippen LogP contribution >= 0.6 is 0 Å². The van der Waals surface area contributed by atoms with Crippen LogP contribution in [0, 0.1) is 5.41 Å². The van der Waals surface area contributed by atoms with E-state index in [4.69, 9.17) is 0 Å². The molecule has 16 heavy (non-hydrogen) atoms. The van der Waals surface area contributed by atoms with Gasteiger partial charge in [0.25, 0.3) is 0 Å². The maximum atomic E-state index is 4.41. The van der Waals surface area contributed by atoms with E-state index in [1.54, 1.807) is 0 Å². The van der Waals surface area contributed by atoms with Gasteiger partial charge in [0.1, 0.15) is 0 Å². The summed E-state index contributed by atoms with van der Waals surface area (Å²) in [6.45, 7) is 7.96. The molecule has 1 saturated carbocycles. The third kappa shape index (κ3) is 2.14. The summed E-state index contributed by atoms with van der Waals surface area (Å²) in [4.78, 5) is 0. The zero-order chi connectivity index (χ0) is 11.6. The van der Waals surface area contributed by atoms with Crippen LogP contribution in [0.4, 0.5) is 0 Å². The van der Waals surface area contributed by atoms with E-state index in [0.29, 0.717) is 17.5 Å². The first-order valence-corrected chi connectivity index (χ1v) is 6.37. The molecular weight excluding hydrogens is 198 g/mol. The number of nitrogens with zero attached hydrogens (tertiary/aromatic N) is 2. The van der Waals surface area contributed by atoms with Crippen molar-refractivity contribution in [3.05, 3.63) is 18.5 Å². The normalized spacial score (nSPS) is 29.2. The van der Waals surface area contributed by atoms with Crippen molar-refractivity contribution in [3.8, 4) is 0 Å². The summed E-state index contributed by atoms with van der Waals surface area (Å²) < 4.78 is 2.13. The Kier molecular flexibility index (Phi) is 3.33. The Morgan fingerprint density at radius 2 is 2.31 bits per heavy atom. The number of nitrogens with one attached hydrogen (secondary N) is 1. The van der Waals surface area contributed by atoms with Gasteiger partial charge in [0, 0.05) is 18.4 Å². The maximum Gasteiger partial charge on any atom is 0.0677 e. The van der Waals surface area contributed by atoms with E-state index in [9.17, 15) is 0 Å². The van der Waals surface area contributed by atoms with Crippen molar-refractivity contribution in [2.75, 3.05) is 6.54 Å². The zero-order valence-electron chi connectivity index (χ0n) is 10.6. The van der Waals surface area contributed by atoms with Gasteiger partial charge in [-0.1, -0.05) is 27.2 Å². The van der Waals surface area contributed by atoms with E-state index in [-0.39, 0.29) is 0 Å². The molecule has 0 aromatic carbocycles. The summed E-state index contributed by atoms with van der Waals surface area (Å²) in [5.41, 5.74) is 0.366. The van der Waals surface area contributed by atoms with Gasteiger partial charge in [-0.2, -0.15) is 5.10 Å². The largest absolute Gasteiger partial charge is 0.312 e. The van der Waals surface area contributed by atoms with Crippen molar-refractivity contribution in [3.63, 3.8) is 0 Å². The maximum absolute atomic E-state index is 4.41. The molecule has 90 valence electrons. The van der Waals surface area contributed by atoms with Crippen LogP contribution in [-0.4, -0.2) is 22.4 Å². The third-order valence-electron chi connectivity index (χ3n) is 3.84. The van der Waals surface area contributed by atoms with Crippen LogP contribution < -0.4 is 5.32 Å². The minimum absolute atomic E-state index is 0.366. The minimum Gasteiger partial charge on any atom is -0.312 e. The molecule has 0 bridgehead atoms. The number of rotatable bonds is 3. The smallest absolute Gasteiger partial charge is 0.0677 e. The molecule has 1 N–H and O–H groups in total. The van der Waals surface area contributed by atoms with E-state index in [1.165, 1.54) is 19.3 Å². The molecule has 2 atom stereocenters. The molecule has 1 aromatic heterocycles. The van der Waals surface area contributed by atoms with Crippen LogP contribution in [0.5, 0.6) is 0 Å². The Bertz CT molecular complexity index is 316. The van der Waals surface area contributed by atoms with Crippen molar-refractivity contribution in [2.24, 2.45) is 5.41 Å². The van der Waals surface area contributed by atoms with E-state index >= 15 is 0 Å². The highest BCUT2D eigenvalue weighted by atomic mass is 15.3. The Morgan fingerprint density at radius 1 is 1.50 bits per heavy atom. The first-order chi connectivity index (χ1) is 7.65. The van der Waals surface area contributed by atoms with Gasteiger partial charge in [-0.3, -0.25) is 4.68 Å². The molecule has 0 radical (unpaired) electrons. The van der Waals surface area contributed by atoms with Gasteiger partial charge in [0.05, 0.1) is 6.04 Å². The molecule has 0 aliphatic heterocycles. The van der Waals surface area contributed by atoms with Gasteiger partial charge in [0.2, 0.25) is 0 Å². The number of hydrogen-bond acceptors (Lipinski definition) is 2. The highest BCUT2D eigenvalue weighted by molar-refractivity contribution is 4.97. The lowest BCUT2D eigenvalue weighted by atomic mass is 9.70. The molecule has 1 aromatic rings. The average molecular weight is 221 g/mol. The minimum atomic E-state index is 0.366. The molecule has 3 heteroatoms. The van der Waals surface area contributed by atoms with Gasteiger partial charge in [0.15, 0.2) is 0 Å². The highest BCUT2D eigenvalue weighted by Crippen LogP contribution is 2.40. The molecule has 3 nitrogen and oxygen atoms in total. The first-order valence-electron chi connectivity index (χ1n) is 6.37. The van der Waals surface area contributed by atoms with Crippen molar-refractivity contribution in [1.82, 2.24) is 15.1 Å². The molecule has 0 saturated heterocycles.